The maximum atomic E-state index is 14.2. The highest BCUT2D eigenvalue weighted by Gasteiger charge is 2.34. The highest BCUT2D eigenvalue weighted by atomic mass is 32.2. The lowest BCUT2D eigenvalue weighted by molar-refractivity contribution is -0.139. The first-order valence-corrected chi connectivity index (χ1v) is 15.9. The van der Waals surface area contributed by atoms with Gasteiger partial charge in [0.1, 0.15) is 12.6 Å². The van der Waals surface area contributed by atoms with Crippen molar-refractivity contribution < 1.29 is 27.5 Å². The average Bonchev–Trinajstić information content (AvgIpc) is 3.01. The fraction of sp³-hybridized carbons (Fsp3) is 0.394. The zero-order chi connectivity index (χ0) is 31.6. The van der Waals surface area contributed by atoms with Gasteiger partial charge in [-0.1, -0.05) is 68.8 Å². The number of aryl methyl sites for hydroxylation is 1. The molecule has 1 N–H and O–H groups in total. The first kappa shape index (κ1) is 33.5. The molecule has 3 rings (SSSR count). The summed E-state index contributed by atoms with van der Waals surface area (Å²) in [6.45, 7) is 7.96. The van der Waals surface area contributed by atoms with Crippen LogP contribution in [-0.2, 0) is 26.0 Å². The molecule has 2 amide bonds. The van der Waals surface area contributed by atoms with Crippen LogP contribution in [0.1, 0.15) is 38.3 Å². The van der Waals surface area contributed by atoms with Gasteiger partial charge in [-0.15, -0.1) is 0 Å². The Balaban J connectivity index is 2.03. The molecule has 0 saturated carbocycles. The van der Waals surface area contributed by atoms with Crippen LogP contribution in [0.25, 0.3) is 0 Å². The van der Waals surface area contributed by atoms with Crippen LogP contribution in [0.3, 0.4) is 0 Å². The third kappa shape index (κ3) is 8.73. The number of benzene rings is 3. The molecule has 9 nitrogen and oxygen atoms in total. The summed E-state index contributed by atoms with van der Waals surface area (Å²) in [4.78, 5) is 28.9. The van der Waals surface area contributed by atoms with Gasteiger partial charge in [-0.3, -0.25) is 13.9 Å². The first-order valence-electron chi connectivity index (χ1n) is 14.4. The zero-order valence-corrected chi connectivity index (χ0v) is 26.7. The predicted molar refractivity (Wildman–Crippen MR) is 169 cm³/mol. The molecule has 1 atom stereocenters. The summed E-state index contributed by atoms with van der Waals surface area (Å²) in [6.07, 6.45) is 0.880. The van der Waals surface area contributed by atoms with Gasteiger partial charge in [0.2, 0.25) is 11.8 Å². The second kappa shape index (κ2) is 15.4. The topological polar surface area (TPSA) is 105 Å². The van der Waals surface area contributed by atoms with Crippen LogP contribution < -0.4 is 19.1 Å². The summed E-state index contributed by atoms with van der Waals surface area (Å²) in [5, 5.41) is 2.95. The van der Waals surface area contributed by atoms with Crippen LogP contribution in [0, 0.1) is 12.8 Å². The predicted octanol–water partition coefficient (Wildman–Crippen LogP) is 4.83. The molecule has 0 fully saturated rings. The zero-order valence-electron chi connectivity index (χ0n) is 25.9. The van der Waals surface area contributed by atoms with E-state index in [2.05, 4.69) is 5.32 Å². The Kier molecular flexibility index (Phi) is 12.0. The van der Waals surface area contributed by atoms with Crippen LogP contribution in [0.5, 0.6) is 11.5 Å². The fourth-order valence-electron chi connectivity index (χ4n) is 4.66. The summed E-state index contributed by atoms with van der Waals surface area (Å²) in [5.74, 6) is 0.119. The van der Waals surface area contributed by atoms with E-state index < -0.39 is 28.5 Å². The Bertz CT molecular complexity index is 1460. The Morgan fingerprint density at radius 2 is 1.56 bits per heavy atom. The standard InChI is InChI=1S/C33H43N3O6S/c1-7-29(33(38)34-22-24(2)3)35(20-19-26-11-9-8-10-12-26)32(37)23-36(27-15-13-25(4)14-16-27)43(39,40)28-17-18-30(41-5)31(21-28)42-6/h8-18,21,24,29H,7,19-20,22-23H2,1-6H3,(H,34,38). The van der Waals surface area contributed by atoms with Crippen molar-refractivity contribution in [3.63, 3.8) is 0 Å². The lowest BCUT2D eigenvalue weighted by Gasteiger charge is -2.33. The number of ether oxygens (including phenoxy) is 2. The Labute approximate surface area is 255 Å². The number of nitrogens with zero attached hydrogens (tertiary/aromatic N) is 2. The Morgan fingerprint density at radius 1 is 0.907 bits per heavy atom. The number of hydrogen-bond acceptors (Lipinski definition) is 6. The molecule has 1 unspecified atom stereocenters. The molecule has 0 aliphatic rings. The molecule has 0 aliphatic heterocycles. The quantitative estimate of drug-likeness (QED) is 0.265. The molecule has 43 heavy (non-hydrogen) atoms. The van der Waals surface area contributed by atoms with Gasteiger partial charge in [-0.05, 0) is 55.5 Å². The van der Waals surface area contributed by atoms with E-state index in [1.807, 2.05) is 58.0 Å². The van der Waals surface area contributed by atoms with Crippen LogP contribution in [0.4, 0.5) is 5.69 Å². The van der Waals surface area contributed by atoms with E-state index >= 15 is 0 Å². The number of nitrogens with one attached hydrogen (secondary N) is 1. The Morgan fingerprint density at radius 3 is 2.14 bits per heavy atom. The van der Waals surface area contributed by atoms with Gasteiger partial charge in [0.05, 0.1) is 24.8 Å². The number of sulfonamides is 1. The molecule has 232 valence electrons. The second-order valence-electron chi connectivity index (χ2n) is 10.7. The monoisotopic (exact) mass is 609 g/mol. The summed E-state index contributed by atoms with van der Waals surface area (Å²) in [7, 11) is -1.35. The molecule has 0 heterocycles. The van der Waals surface area contributed by atoms with E-state index in [0.29, 0.717) is 30.8 Å². The minimum Gasteiger partial charge on any atom is -0.493 e. The lowest BCUT2D eigenvalue weighted by atomic mass is 10.1. The molecule has 0 spiro atoms. The van der Waals surface area contributed by atoms with Gasteiger partial charge in [-0.2, -0.15) is 0 Å². The van der Waals surface area contributed by atoms with Gasteiger partial charge >= 0.3 is 0 Å². The number of rotatable bonds is 15. The molecule has 0 saturated heterocycles. The van der Waals surface area contributed by atoms with Crippen LogP contribution in [0.2, 0.25) is 0 Å². The van der Waals surface area contributed by atoms with Crippen molar-refractivity contribution >= 4 is 27.5 Å². The molecule has 0 radical (unpaired) electrons. The SMILES string of the molecule is CCC(C(=O)NCC(C)C)N(CCc1ccccc1)C(=O)CN(c1ccc(C)cc1)S(=O)(=O)c1ccc(OC)c(OC)c1. The third-order valence-corrected chi connectivity index (χ3v) is 8.87. The third-order valence-electron chi connectivity index (χ3n) is 7.10. The average molecular weight is 610 g/mol. The number of carbonyl (C=O) groups excluding carboxylic acids is 2. The molecule has 10 heteroatoms. The van der Waals surface area contributed by atoms with Gasteiger partial charge in [-0.25, -0.2) is 8.42 Å². The van der Waals surface area contributed by atoms with Crippen molar-refractivity contribution in [1.29, 1.82) is 0 Å². The van der Waals surface area contributed by atoms with Crippen LogP contribution in [0.15, 0.2) is 77.7 Å². The second-order valence-corrected chi connectivity index (χ2v) is 12.6. The summed E-state index contributed by atoms with van der Waals surface area (Å²) in [6, 6.07) is 20.1. The maximum absolute atomic E-state index is 14.2. The van der Waals surface area contributed by atoms with E-state index in [0.717, 1.165) is 15.4 Å². The van der Waals surface area contributed by atoms with E-state index in [4.69, 9.17) is 9.47 Å². The number of amides is 2. The van der Waals surface area contributed by atoms with Gasteiger partial charge in [0.15, 0.2) is 11.5 Å². The number of methoxy groups -OCH3 is 2. The number of carbonyl (C=O) groups is 2. The van der Waals surface area contributed by atoms with Crippen molar-refractivity contribution in [3.8, 4) is 11.5 Å². The normalized spacial score (nSPS) is 12.0. The van der Waals surface area contributed by atoms with Crippen molar-refractivity contribution in [3.05, 3.63) is 83.9 Å². The molecule has 0 aliphatic carbocycles. The van der Waals surface area contributed by atoms with E-state index in [9.17, 15) is 18.0 Å². The molecule has 0 bridgehead atoms. The number of anilines is 1. The highest BCUT2D eigenvalue weighted by molar-refractivity contribution is 7.92. The summed E-state index contributed by atoms with van der Waals surface area (Å²) in [5.41, 5.74) is 2.27. The fourth-order valence-corrected chi connectivity index (χ4v) is 6.09. The van der Waals surface area contributed by atoms with Crippen LogP contribution >= 0.6 is 0 Å². The van der Waals surface area contributed by atoms with Crippen molar-refractivity contribution in [1.82, 2.24) is 10.2 Å². The molecular formula is C33H43N3O6S. The first-order chi connectivity index (χ1) is 20.5. The van der Waals surface area contributed by atoms with E-state index in [1.54, 1.807) is 24.3 Å². The number of hydrogen-bond donors (Lipinski definition) is 1. The Hall–Kier alpha value is -4.05. The van der Waals surface area contributed by atoms with E-state index in [1.165, 1.54) is 37.3 Å². The lowest BCUT2D eigenvalue weighted by Crippen LogP contribution is -2.53. The molecule has 0 aromatic heterocycles. The van der Waals surface area contributed by atoms with Gasteiger partial charge < -0.3 is 19.7 Å². The summed E-state index contributed by atoms with van der Waals surface area (Å²) >= 11 is 0. The largest absolute Gasteiger partial charge is 0.493 e. The smallest absolute Gasteiger partial charge is 0.264 e. The molecule has 3 aromatic carbocycles. The minimum atomic E-state index is -4.24. The molecular weight excluding hydrogens is 566 g/mol. The van der Waals surface area contributed by atoms with Gasteiger partial charge in [0.25, 0.3) is 10.0 Å². The van der Waals surface area contributed by atoms with E-state index in [-0.39, 0.29) is 29.0 Å². The van der Waals surface area contributed by atoms with Crippen molar-refractivity contribution in [2.24, 2.45) is 5.92 Å². The maximum Gasteiger partial charge on any atom is 0.264 e. The van der Waals surface area contributed by atoms with Crippen LogP contribution in [-0.4, -0.2) is 65.0 Å². The molecule has 3 aromatic rings. The van der Waals surface area contributed by atoms with Crippen molar-refractivity contribution in [2.75, 3.05) is 38.2 Å². The highest BCUT2D eigenvalue weighted by Crippen LogP contribution is 2.32. The minimum absolute atomic E-state index is 0.0592. The van der Waals surface area contributed by atoms with Gasteiger partial charge in [0, 0.05) is 19.2 Å². The summed E-state index contributed by atoms with van der Waals surface area (Å²) < 4.78 is 40.0. The van der Waals surface area contributed by atoms with Crippen molar-refractivity contribution in [2.45, 2.75) is 51.5 Å².